The van der Waals surface area contributed by atoms with Crippen molar-refractivity contribution in [3.63, 3.8) is 0 Å². The summed E-state index contributed by atoms with van der Waals surface area (Å²) in [5, 5.41) is 34.6. The molecule has 0 saturated carbocycles. The van der Waals surface area contributed by atoms with Crippen LogP contribution in [0.4, 0.5) is 0 Å². The van der Waals surface area contributed by atoms with Gasteiger partial charge in [-0.25, -0.2) is 0 Å². The van der Waals surface area contributed by atoms with E-state index in [1.165, 1.54) is 0 Å². The third kappa shape index (κ3) is 2.96. The second-order valence-corrected chi connectivity index (χ2v) is 1.64. The van der Waals surface area contributed by atoms with Gasteiger partial charge in [0.1, 0.15) is 5.60 Å². The first-order valence-corrected chi connectivity index (χ1v) is 2.22. The minimum atomic E-state index is -2.50. The minimum absolute atomic E-state index is 0. The second kappa shape index (κ2) is 5.06. The quantitative estimate of drug-likeness (QED) is 0.354. The van der Waals surface area contributed by atoms with Gasteiger partial charge >= 0.3 is 29.6 Å². The Hall–Kier alpha value is 0.350. The largest absolute Gasteiger partial charge is 1.00 e. The molecule has 0 amide bonds. The summed E-state index contributed by atoms with van der Waals surface area (Å²) in [5.74, 6) is -1.88. The molecule has 54 valence electrons. The maximum absolute atomic E-state index is 9.80. The van der Waals surface area contributed by atoms with Crippen LogP contribution in [-0.4, -0.2) is 40.1 Å². The topological polar surface area (TPSA) is 101 Å². The number of aliphatic hydroxyl groups excluding tert-OH is 2. The fourth-order valence-electron chi connectivity index (χ4n) is 0.179. The van der Waals surface area contributed by atoms with Crippen LogP contribution in [0.3, 0.4) is 0 Å². The fourth-order valence-corrected chi connectivity index (χ4v) is 0.179. The molecule has 0 bridgehead atoms. The summed E-state index contributed by atoms with van der Waals surface area (Å²) in [7, 11) is 0. The number of carbonyl (C=O) groups excluding carboxylic acids is 1. The number of aliphatic hydroxyl groups is 3. The van der Waals surface area contributed by atoms with Gasteiger partial charge < -0.3 is 25.2 Å². The molecule has 0 aromatic carbocycles. The Morgan fingerprint density at radius 2 is 1.70 bits per heavy atom. The zero-order valence-corrected chi connectivity index (χ0v) is 7.57. The Bertz CT molecular complexity index is 110. The molecule has 10 heavy (non-hydrogen) atoms. The molecule has 0 rings (SSSR count). The molecule has 0 aromatic rings. The molecule has 0 spiro atoms. The minimum Gasteiger partial charge on any atom is -0.547 e. The van der Waals surface area contributed by atoms with Crippen molar-refractivity contribution in [2.24, 2.45) is 0 Å². The van der Waals surface area contributed by atoms with Gasteiger partial charge in [0.15, 0.2) is 0 Å². The number of carboxylic acid groups (broad SMARTS) is 1. The summed E-state index contributed by atoms with van der Waals surface area (Å²) >= 11 is 0. The molecule has 0 aromatic heterocycles. The number of carbonyl (C=O) groups is 1. The van der Waals surface area contributed by atoms with E-state index in [0.717, 1.165) is 0 Å². The Balaban J connectivity index is 0. The van der Waals surface area contributed by atoms with E-state index in [2.05, 4.69) is 0 Å². The van der Waals surface area contributed by atoms with Crippen molar-refractivity contribution in [3.05, 3.63) is 0 Å². The molecule has 0 aliphatic carbocycles. The molecule has 0 fully saturated rings. The van der Waals surface area contributed by atoms with E-state index < -0.39 is 24.8 Å². The van der Waals surface area contributed by atoms with Crippen molar-refractivity contribution < 1.29 is 54.8 Å². The number of aliphatic carboxylic acids is 1. The second-order valence-electron chi connectivity index (χ2n) is 1.64. The molecule has 0 unspecified atom stereocenters. The van der Waals surface area contributed by atoms with Gasteiger partial charge in [0, 0.05) is 0 Å². The SMILES string of the molecule is O=C([O-])C(O)(CO)CO.[Na+]. The molecule has 0 aliphatic heterocycles. The summed E-state index contributed by atoms with van der Waals surface area (Å²) in [6.07, 6.45) is 0. The maximum atomic E-state index is 9.80. The van der Waals surface area contributed by atoms with E-state index in [1.807, 2.05) is 0 Å². The van der Waals surface area contributed by atoms with Crippen LogP contribution in [-0.2, 0) is 4.79 Å². The van der Waals surface area contributed by atoms with Gasteiger partial charge in [-0.3, -0.25) is 0 Å². The predicted molar refractivity (Wildman–Crippen MR) is 24.1 cm³/mol. The van der Waals surface area contributed by atoms with Crippen LogP contribution in [0.25, 0.3) is 0 Å². The molecular formula is C4H7NaO5. The first-order valence-electron chi connectivity index (χ1n) is 2.22. The van der Waals surface area contributed by atoms with Gasteiger partial charge in [0.25, 0.3) is 0 Å². The van der Waals surface area contributed by atoms with Crippen LogP contribution < -0.4 is 34.7 Å². The van der Waals surface area contributed by atoms with Crippen molar-refractivity contribution in [1.82, 2.24) is 0 Å². The summed E-state index contributed by atoms with van der Waals surface area (Å²) in [6, 6.07) is 0. The third-order valence-corrected chi connectivity index (χ3v) is 0.903. The van der Waals surface area contributed by atoms with Crippen molar-refractivity contribution >= 4 is 5.97 Å². The Kier molecular flexibility index (Phi) is 6.57. The monoisotopic (exact) mass is 158 g/mol. The first kappa shape index (κ1) is 13.0. The van der Waals surface area contributed by atoms with E-state index >= 15 is 0 Å². The van der Waals surface area contributed by atoms with Crippen LogP contribution in [0.5, 0.6) is 0 Å². The molecule has 6 heteroatoms. The van der Waals surface area contributed by atoms with Crippen molar-refractivity contribution in [3.8, 4) is 0 Å². The standard InChI is InChI=1S/C4H8O5.Na/c5-1-4(9,2-6)3(7)8;/h5-6,9H,1-2H2,(H,7,8);/q;+1/p-1. The Morgan fingerprint density at radius 1 is 1.40 bits per heavy atom. The van der Waals surface area contributed by atoms with Gasteiger partial charge in [-0.15, -0.1) is 0 Å². The molecule has 0 saturated heterocycles. The predicted octanol–water partition coefficient (Wildman–Crippen LogP) is -6.54. The fraction of sp³-hybridized carbons (Fsp3) is 0.750. The Labute approximate surface area is 79.6 Å². The molecule has 0 atom stereocenters. The average Bonchev–Trinajstić information content (AvgIpc) is 1.86. The van der Waals surface area contributed by atoms with E-state index in [1.54, 1.807) is 0 Å². The zero-order chi connectivity index (χ0) is 7.49. The van der Waals surface area contributed by atoms with Gasteiger partial charge in [0.05, 0.1) is 19.2 Å². The van der Waals surface area contributed by atoms with Crippen molar-refractivity contribution in [1.29, 1.82) is 0 Å². The van der Waals surface area contributed by atoms with Crippen LogP contribution in [0, 0.1) is 0 Å². The van der Waals surface area contributed by atoms with Gasteiger partial charge in [0.2, 0.25) is 0 Å². The smallest absolute Gasteiger partial charge is 0.547 e. The van der Waals surface area contributed by atoms with Gasteiger partial charge in [-0.05, 0) is 0 Å². The summed E-state index contributed by atoms with van der Waals surface area (Å²) < 4.78 is 0. The first-order chi connectivity index (χ1) is 4.06. The average molecular weight is 158 g/mol. The summed E-state index contributed by atoms with van der Waals surface area (Å²) in [4.78, 5) is 9.80. The normalized spacial score (nSPS) is 10.3. The molecule has 0 aliphatic rings. The van der Waals surface area contributed by atoms with Crippen LogP contribution in [0.2, 0.25) is 0 Å². The van der Waals surface area contributed by atoms with E-state index in [4.69, 9.17) is 15.3 Å². The number of hydrogen-bond acceptors (Lipinski definition) is 5. The van der Waals surface area contributed by atoms with E-state index in [-0.39, 0.29) is 29.6 Å². The molecule has 0 heterocycles. The zero-order valence-electron chi connectivity index (χ0n) is 5.57. The van der Waals surface area contributed by atoms with Crippen molar-refractivity contribution in [2.75, 3.05) is 13.2 Å². The molecule has 5 nitrogen and oxygen atoms in total. The van der Waals surface area contributed by atoms with Crippen LogP contribution in [0.15, 0.2) is 0 Å². The maximum Gasteiger partial charge on any atom is 1.00 e. The van der Waals surface area contributed by atoms with Gasteiger partial charge in [-0.2, -0.15) is 0 Å². The molecule has 3 N–H and O–H groups in total. The third-order valence-electron chi connectivity index (χ3n) is 0.903. The number of rotatable bonds is 3. The Morgan fingerprint density at radius 3 is 1.70 bits per heavy atom. The van der Waals surface area contributed by atoms with E-state index in [9.17, 15) is 9.90 Å². The number of hydrogen-bond donors (Lipinski definition) is 3. The molecule has 0 radical (unpaired) electrons. The molecular weight excluding hydrogens is 151 g/mol. The van der Waals surface area contributed by atoms with Crippen LogP contribution in [0.1, 0.15) is 0 Å². The van der Waals surface area contributed by atoms with Gasteiger partial charge in [-0.1, -0.05) is 0 Å². The summed E-state index contributed by atoms with van der Waals surface area (Å²) in [6.45, 7) is -2.10. The number of carboxylic acids is 1. The van der Waals surface area contributed by atoms with Crippen LogP contribution >= 0.6 is 0 Å². The summed E-state index contributed by atoms with van der Waals surface area (Å²) in [5.41, 5.74) is -2.50. The van der Waals surface area contributed by atoms with E-state index in [0.29, 0.717) is 0 Å². The van der Waals surface area contributed by atoms with Crippen molar-refractivity contribution in [2.45, 2.75) is 5.60 Å².